The SMILES string of the molecule is C[C@@H](N)c1ccc(N2CCSC(C)(C)CC2)cc1Br. The fourth-order valence-electron chi connectivity index (χ4n) is 2.36. The first-order valence-electron chi connectivity index (χ1n) is 6.83. The van der Waals surface area contributed by atoms with Gasteiger partial charge in [-0.25, -0.2) is 0 Å². The molecule has 1 aliphatic rings. The molecule has 0 bridgehead atoms. The van der Waals surface area contributed by atoms with Crippen LogP contribution in [-0.4, -0.2) is 23.6 Å². The third kappa shape index (κ3) is 3.89. The molecule has 0 radical (unpaired) electrons. The number of anilines is 1. The first-order valence-corrected chi connectivity index (χ1v) is 8.61. The predicted octanol–water partition coefficient (Wildman–Crippen LogP) is 4.19. The van der Waals surface area contributed by atoms with E-state index in [-0.39, 0.29) is 6.04 Å². The lowest BCUT2D eigenvalue weighted by Crippen LogP contribution is -2.27. The van der Waals surface area contributed by atoms with Crippen molar-refractivity contribution in [2.45, 2.75) is 38.0 Å². The van der Waals surface area contributed by atoms with Crippen molar-refractivity contribution in [1.29, 1.82) is 0 Å². The Morgan fingerprint density at radius 3 is 2.74 bits per heavy atom. The van der Waals surface area contributed by atoms with Gasteiger partial charge in [0, 0.05) is 39.8 Å². The second-order valence-corrected chi connectivity index (χ2v) is 8.50. The molecule has 0 spiro atoms. The van der Waals surface area contributed by atoms with Gasteiger partial charge in [-0.05, 0) is 31.0 Å². The molecule has 0 aliphatic carbocycles. The van der Waals surface area contributed by atoms with E-state index >= 15 is 0 Å². The molecule has 2 nitrogen and oxygen atoms in total. The molecule has 1 heterocycles. The normalized spacial score (nSPS) is 21.0. The van der Waals surface area contributed by atoms with Crippen LogP contribution < -0.4 is 10.6 Å². The van der Waals surface area contributed by atoms with Crippen LogP contribution in [0.1, 0.15) is 38.8 Å². The minimum Gasteiger partial charge on any atom is -0.371 e. The van der Waals surface area contributed by atoms with Crippen molar-refractivity contribution in [3.05, 3.63) is 28.2 Å². The van der Waals surface area contributed by atoms with Crippen molar-refractivity contribution in [1.82, 2.24) is 0 Å². The Kier molecular flexibility index (Phi) is 4.85. The number of nitrogens with two attached hydrogens (primary N) is 1. The minimum absolute atomic E-state index is 0.0713. The van der Waals surface area contributed by atoms with E-state index in [4.69, 9.17) is 5.73 Å². The molecule has 1 saturated heterocycles. The van der Waals surface area contributed by atoms with Crippen LogP contribution in [-0.2, 0) is 0 Å². The summed E-state index contributed by atoms with van der Waals surface area (Å²) in [5.74, 6) is 1.19. The van der Waals surface area contributed by atoms with Gasteiger partial charge in [-0.3, -0.25) is 0 Å². The quantitative estimate of drug-likeness (QED) is 0.873. The zero-order valence-electron chi connectivity index (χ0n) is 11.9. The second kappa shape index (κ2) is 6.06. The topological polar surface area (TPSA) is 29.3 Å². The van der Waals surface area contributed by atoms with E-state index < -0.39 is 0 Å². The summed E-state index contributed by atoms with van der Waals surface area (Å²) in [5, 5.41) is 0. The molecule has 1 aromatic rings. The Bertz CT molecular complexity index is 446. The van der Waals surface area contributed by atoms with E-state index in [0.29, 0.717) is 4.75 Å². The average molecular weight is 343 g/mol. The van der Waals surface area contributed by atoms with Crippen molar-refractivity contribution >= 4 is 33.4 Å². The summed E-state index contributed by atoms with van der Waals surface area (Å²) in [6, 6.07) is 6.63. The Balaban J connectivity index is 2.16. The molecular weight excluding hydrogens is 320 g/mol. The molecule has 1 aromatic carbocycles. The van der Waals surface area contributed by atoms with Crippen LogP contribution in [0.2, 0.25) is 0 Å². The van der Waals surface area contributed by atoms with Crippen LogP contribution >= 0.6 is 27.7 Å². The lowest BCUT2D eigenvalue weighted by Gasteiger charge is -2.25. The highest BCUT2D eigenvalue weighted by atomic mass is 79.9. The van der Waals surface area contributed by atoms with Crippen LogP contribution in [0.5, 0.6) is 0 Å². The number of thioether (sulfide) groups is 1. The Morgan fingerprint density at radius 2 is 2.11 bits per heavy atom. The van der Waals surface area contributed by atoms with E-state index in [9.17, 15) is 0 Å². The molecule has 1 atom stereocenters. The second-order valence-electron chi connectivity index (χ2n) is 5.84. The van der Waals surface area contributed by atoms with Gasteiger partial charge in [0.15, 0.2) is 0 Å². The van der Waals surface area contributed by atoms with Gasteiger partial charge in [0.25, 0.3) is 0 Å². The third-order valence-corrected chi connectivity index (χ3v) is 5.74. The highest BCUT2D eigenvalue weighted by molar-refractivity contribution is 9.10. The largest absolute Gasteiger partial charge is 0.371 e. The first kappa shape index (κ1) is 15.2. The summed E-state index contributed by atoms with van der Waals surface area (Å²) in [4.78, 5) is 2.48. The van der Waals surface area contributed by atoms with E-state index in [2.05, 4.69) is 64.6 Å². The van der Waals surface area contributed by atoms with Gasteiger partial charge >= 0.3 is 0 Å². The van der Waals surface area contributed by atoms with Crippen LogP contribution in [0.4, 0.5) is 5.69 Å². The predicted molar refractivity (Wildman–Crippen MR) is 90.1 cm³/mol. The first-order chi connectivity index (χ1) is 8.89. The lowest BCUT2D eigenvalue weighted by atomic mass is 10.1. The van der Waals surface area contributed by atoms with Crippen molar-refractivity contribution in [2.75, 3.05) is 23.7 Å². The summed E-state index contributed by atoms with van der Waals surface area (Å²) in [6.07, 6.45) is 1.23. The zero-order chi connectivity index (χ0) is 14.0. The van der Waals surface area contributed by atoms with Crippen LogP contribution in [0.15, 0.2) is 22.7 Å². The number of hydrogen-bond donors (Lipinski definition) is 1. The number of benzene rings is 1. The highest BCUT2D eigenvalue weighted by Crippen LogP contribution is 2.33. The van der Waals surface area contributed by atoms with Crippen LogP contribution in [0.25, 0.3) is 0 Å². The van der Waals surface area contributed by atoms with Crippen molar-refractivity contribution < 1.29 is 0 Å². The highest BCUT2D eigenvalue weighted by Gasteiger charge is 2.24. The molecule has 2 rings (SSSR count). The van der Waals surface area contributed by atoms with Crippen LogP contribution in [0.3, 0.4) is 0 Å². The third-order valence-electron chi connectivity index (χ3n) is 3.68. The maximum atomic E-state index is 5.96. The summed E-state index contributed by atoms with van der Waals surface area (Å²) in [6.45, 7) is 8.96. The van der Waals surface area contributed by atoms with Gasteiger partial charge in [0.1, 0.15) is 0 Å². The Hall–Kier alpha value is -0.190. The minimum atomic E-state index is 0.0713. The Morgan fingerprint density at radius 1 is 1.37 bits per heavy atom. The summed E-state index contributed by atoms with van der Waals surface area (Å²) >= 11 is 5.72. The average Bonchev–Trinajstić information content (AvgIpc) is 2.49. The van der Waals surface area contributed by atoms with Gasteiger partial charge in [0.05, 0.1) is 0 Å². The monoisotopic (exact) mass is 342 g/mol. The fourth-order valence-corrected chi connectivity index (χ4v) is 4.19. The molecule has 0 aromatic heterocycles. The van der Waals surface area contributed by atoms with Crippen molar-refractivity contribution in [3.8, 4) is 0 Å². The fraction of sp³-hybridized carbons (Fsp3) is 0.600. The molecule has 19 heavy (non-hydrogen) atoms. The van der Waals surface area contributed by atoms with Gasteiger partial charge in [-0.2, -0.15) is 11.8 Å². The van der Waals surface area contributed by atoms with E-state index in [1.165, 1.54) is 23.4 Å². The summed E-state index contributed by atoms with van der Waals surface area (Å²) in [7, 11) is 0. The molecule has 4 heteroatoms. The molecule has 0 amide bonds. The van der Waals surface area contributed by atoms with Gasteiger partial charge in [-0.1, -0.05) is 35.8 Å². The number of rotatable bonds is 2. The van der Waals surface area contributed by atoms with E-state index in [0.717, 1.165) is 17.6 Å². The maximum absolute atomic E-state index is 5.96. The van der Waals surface area contributed by atoms with Crippen molar-refractivity contribution in [2.24, 2.45) is 5.73 Å². The van der Waals surface area contributed by atoms with E-state index in [1.807, 2.05) is 6.92 Å². The molecule has 2 N–H and O–H groups in total. The standard InChI is InChI=1S/C15H23BrN2S/c1-11(17)13-5-4-12(10-14(13)16)18-7-6-15(2,3)19-9-8-18/h4-5,10-11H,6-9,17H2,1-3H3/t11-/m1/s1. The number of halogens is 1. The summed E-state index contributed by atoms with van der Waals surface area (Å²) in [5.41, 5.74) is 8.43. The molecular formula is C15H23BrN2S. The smallest absolute Gasteiger partial charge is 0.0378 e. The lowest BCUT2D eigenvalue weighted by molar-refractivity contribution is 0.637. The Labute approximate surface area is 129 Å². The molecule has 106 valence electrons. The maximum Gasteiger partial charge on any atom is 0.0378 e. The van der Waals surface area contributed by atoms with Crippen molar-refractivity contribution in [3.63, 3.8) is 0 Å². The number of hydrogen-bond acceptors (Lipinski definition) is 3. The number of nitrogens with zero attached hydrogens (tertiary/aromatic N) is 1. The molecule has 1 fully saturated rings. The molecule has 1 aliphatic heterocycles. The summed E-state index contributed by atoms with van der Waals surface area (Å²) < 4.78 is 1.52. The molecule has 0 unspecified atom stereocenters. The van der Waals surface area contributed by atoms with Gasteiger partial charge < -0.3 is 10.6 Å². The van der Waals surface area contributed by atoms with Gasteiger partial charge in [0.2, 0.25) is 0 Å². The molecule has 0 saturated carbocycles. The van der Waals surface area contributed by atoms with E-state index in [1.54, 1.807) is 0 Å². The van der Waals surface area contributed by atoms with Gasteiger partial charge in [-0.15, -0.1) is 0 Å². The zero-order valence-corrected chi connectivity index (χ0v) is 14.4. The van der Waals surface area contributed by atoms with Crippen LogP contribution in [0, 0.1) is 0 Å².